The van der Waals surface area contributed by atoms with E-state index in [1.54, 1.807) is 11.3 Å². The molecule has 1 aliphatic rings. The van der Waals surface area contributed by atoms with Crippen molar-refractivity contribution in [3.63, 3.8) is 0 Å². The summed E-state index contributed by atoms with van der Waals surface area (Å²) < 4.78 is 2.56. The van der Waals surface area contributed by atoms with Gasteiger partial charge >= 0.3 is 0 Å². The largest absolute Gasteiger partial charge is 0.344 e. The first-order chi connectivity index (χ1) is 10.8. The quantitative estimate of drug-likeness (QED) is 0.696. The third kappa shape index (κ3) is 2.33. The molecule has 2 heterocycles. The highest BCUT2D eigenvalue weighted by Crippen LogP contribution is 2.32. The Hall–Kier alpha value is -2.09. The highest BCUT2D eigenvalue weighted by atomic mass is 15.0. The second-order valence-corrected chi connectivity index (χ2v) is 6.36. The number of nitrogens with zero attached hydrogens (tertiary/aromatic N) is 2. The zero-order chi connectivity index (χ0) is 14.9. The van der Waals surface area contributed by atoms with Crippen LogP contribution in [0.1, 0.15) is 35.4 Å². The molecule has 2 heteroatoms. The molecule has 0 amide bonds. The number of hydrogen-bond donors (Lipinski definition) is 0. The monoisotopic (exact) mass is 290 g/mol. The van der Waals surface area contributed by atoms with E-state index in [1.165, 1.54) is 42.1 Å². The van der Waals surface area contributed by atoms with Gasteiger partial charge in [0.05, 0.1) is 0 Å². The summed E-state index contributed by atoms with van der Waals surface area (Å²) in [7, 11) is 0. The number of hydrogen-bond acceptors (Lipinski definition) is 1. The van der Waals surface area contributed by atoms with Crippen molar-refractivity contribution in [1.82, 2.24) is 9.55 Å². The summed E-state index contributed by atoms with van der Waals surface area (Å²) in [5, 5.41) is 1.47. The number of fused-ring (bicyclic) bond motifs is 3. The molecule has 112 valence electrons. The molecule has 0 bridgehead atoms. The summed E-state index contributed by atoms with van der Waals surface area (Å²) in [5.41, 5.74) is 7.01. The van der Waals surface area contributed by atoms with Crippen molar-refractivity contribution in [3.8, 4) is 0 Å². The van der Waals surface area contributed by atoms with E-state index >= 15 is 0 Å². The van der Waals surface area contributed by atoms with E-state index < -0.39 is 0 Å². The number of aromatic nitrogens is 2. The highest BCUT2D eigenvalue weighted by Gasteiger charge is 2.19. The average Bonchev–Trinajstić information content (AvgIpc) is 2.89. The minimum atomic E-state index is 1.05. The number of para-hydroxylation sites is 1. The van der Waals surface area contributed by atoms with Gasteiger partial charge in [-0.25, -0.2) is 0 Å². The van der Waals surface area contributed by atoms with Gasteiger partial charge in [-0.1, -0.05) is 24.3 Å². The van der Waals surface area contributed by atoms with Crippen LogP contribution in [0.2, 0.25) is 0 Å². The molecule has 22 heavy (non-hydrogen) atoms. The minimum absolute atomic E-state index is 1.05. The molecule has 4 rings (SSSR count). The van der Waals surface area contributed by atoms with Crippen molar-refractivity contribution in [1.29, 1.82) is 0 Å². The summed E-state index contributed by atoms with van der Waals surface area (Å²) >= 11 is 0. The molecule has 0 atom stereocenters. The summed E-state index contributed by atoms with van der Waals surface area (Å²) in [6, 6.07) is 13.2. The molecular formula is C20H22N2. The fourth-order valence-corrected chi connectivity index (χ4v) is 3.73. The molecule has 1 aliphatic carbocycles. The Labute approximate surface area is 131 Å². The molecule has 2 nitrogen and oxygen atoms in total. The predicted octanol–water partition coefficient (Wildman–Crippen LogP) is 4.47. The second kappa shape index (κ2) is 5.60. The van der Waals surface area contributed by atoms with Crippen molar-refractivity contribution in [2.45, 2.75) is 45.6 Å². The van der Waals surface area contributed by atoms with Crippen LogP contribution < -0.4 is 0 Å². The first-order valence-electron chi connectivity index (χ1n) is 8.33. The lowest BCUT2D eigenvalue weighted by atomic mass is 9.95. The Kier molecular flexibility index (Phi) is 3.45. The van der Waals surface area contributed by atoms with Crippen LogP contribution >= 0.6 is 0 Å². The Morgan fingerprint density at radius 2 is 1.91 bits per heavy atom. The van der Waals surface area contributed by atoms with Crippen molar-refractivity contribution in [3.05, 3.63) is 65.1 Å². The number of pyridine rings is 1. The third-order valence-corrected chi connectivity index (χ3v) is 4.88. The van der Waals surface area contributed by atoms with Crippen LogP contribution in [-0.4, -0.2) is 9.55 Å². The topological polar surface area (TPSA) is 17.8 Å². The van der Waals surface area contributed by atoms with Gasteiger partial charge in [-0.15, -0.1) is 0 Å². The fraction of sp³-hybridized carbons (Fsp3) is 0.350. The molecule has 0 unspecified atom stereocenters. The van der Waals surface area contributed by atoms with E-state index in [0.29, 0.717) is 0 Å². The maximum absolute atomic E-state index is 4.42. The number of benzene rings is 1. The molecule has 2 aromatic heterocycles. The van der Waals surface area contributed by atoms with Crippen LogP contribution in [0.5, 0.6) is 0 Å². The van der Waals surface area contributed by atoms with E-state index in [1.807, 2.05) is 13.1 Å². The van der Waals surface area contributed by atoms with E-state index in [-0.39, 0.29) is 0 Å². The maximum Gasteiger partial charge on any atom is 0.0485 e. The standard InChI is InChI=1S/C20H22N2/c1-15-10-11-16(14-21-15)12-13-22-19-8-4-2-6-17(19)18-7-3-5-9-20(18)22/h2,4,6,8,10-11,14H,3,5,7,9,12-13H2,1H3. The predicted molar refractivity (Wildman–Crippen MR) is 91.3 cm³/mol. The number of aryl methyl sites for hydroxylation is 4. The van der Waals surface area contributed by atoms with Crippen LogP contribution in [0, 0.1) is 6.92 Å². The van der Waals surface area contributed by atoms with Gasteiger partial charge in [0, 0.05) is 35.0 Å². The molecule has 1 aromatic carbocycles. The molecule has 0 saturated heterocycles. The van der Waals surface area contributed by atoms with Crippen molar-refractivity contribution in [2.24, 2.45) is 0 Å². The molecule has 0 radical (unpaired) electrons. The zero-order valence-corrected chi connectivity index (χ0v) is 13.2. The molecular weight excluding hydrogens is 268 g/mol. The Morgan fingerprint density at radius 3 is 2.77 bits per heavy atom. The van der Waals surface area contributed by atoms with E-state index in [9.17, 15) is 0 Å². The summed E-state index contributed by atoms with van der Waals surface area (Å²) in [6.45, 7) is 3.10. The average molecular weight is 290 g/mol. The zero-order valence-electron chi connectivity index (χ0n) is 13.2. The molecule has 0 N–H and O–H groups in total. The first kappa shape index (κ1) is 13.6. The van der Waals surface area contributed by atoms with Gasteiger partial charge in [-0.2, -0.15) is 0 Å². The molecule has 3 aromatic rings. The number of rotatable bonds is 3. The molecule has 0 spiro atoms. The Bertz CT molecular complexity index is 796. The van der Waals surface area contributed by atoms with E-state index in [4.69, 9.17) is 0 Å². The normalized spacial score (nSPS) is 14.2. The van der Waals surface area contributed by atoms with Gasteiger partial charge in [0.1, 0.15) is 0 Å². The lowest BCUT2D eigenvalue weighted by molar-refractivity contribution is 0.612. The van der Waals surface area contributed by atoms with Crippen molar-refractivity contribution in [2.75, 3.05) is 0 Å². The van der Waals surface area contributed by atoms with E-state index in [2.05, 4.69) is 45.9 Å². The first-order valence-corrected chi connectivity index (χ1v) is 8.33. The van der Waals surface area contributed by atoms with Crippen LogP contribution in [0.15, 0.2) is 42.6 Å². The van der Waals surface area contributed by atoms with Gasteiger partial charge in [0.25, 0.3) is 0 Å². The summed E-state index contributed by atoms with van der Waals surface area (Å²) in [6.07, 6.45) is 8.22. The fourth-order valence-electron chi connectivity index (χ4n) is 3.73. The van der Waals surface area contributed by atoms with Crippen LogP contribution in [0.25, 0.3) is 10.9 Å². The lowest BCUT2D eigenvalue weighted by Crippen LogP contribution is -2.10. The molecule has 0 aliphatic heterocycles. The van der Waals surface area contributed by atoms with Gasteiger partial charge in [-0.3, -0.25) is 4.98 Å². The third-order valence-electron chi connectivity index (χ3n) is 4.88. The van der Waals surface area contributed by atoms with Gasteiger partial charge < -0.3 is 4.57 Å². The van der Waals surface area contributed by atoms with Gasteiger partial charge in [-0.05, 0) is 62.3 Å². The smallest absolute Gasteiger partial charge is 0.0485 e. The maximum atomic E-state index is 4.42. The van der Waals surface area contributed by atoms with Crippen molar-refractivity contribution < 1.29 is 0 Å². The minimum Gasteiger partial charge on any atom is -0.344 e. The highest BCUT2D eigenvalue weighted by molar-refractivity contribution is 5.85. The van der Waals surface area contributed by atoms with Gasteiger partial charge in [0.15, 0.2) is 0 Å². The molecule has 0 saturated carbocycles. The van der Waals surface area contributed by atoms with Crippen molar-refractivity contribution >= 4 is 10.9 Å². The summed E-state index contributed by atoms with van der Waals surface area (Å²) in [5.74, 6) is 0. The SMILES string of the molecule is Cc1ccc(CCn2c3c(c4ccccc42)CCCC3)cn1. The second-order valence-electron chi connectivity index (χ2n) is 6.36. The Morgan fingerprint density at radius 1 is 1.05 bits per heavy atom. The summed E-state index contributed by atoms with van der Waals surface area (Å²) in [4.78, 5) is 4.42. The Balaban J connectivity index is 1.70. The van der Waals surface area contributed by atoms with Crippen LogP contribution in [0.3, 0.4) is 0 Å². The van der Waals surface area contributed by atoms with Crippen LogP contribution in [-0.2, 0) is 25.8 Å². The van der Waals surface area contributed by atoms with Crippen LogP contribution in [0.4, 0.5) is 0 Å². The molecule has 0 fully saturated rings. The lowest BCUT2D eigenvalue weighted by Gasteiger charge is -2.16. The van der Waals surface area contributed by atoms with E-state index in [0.717, 1.165) is 18.7 Å². The van der Waals surface area contributed by atoms with Gasteiger partial charge in [0.2, 0.25) is 0 Å².